The first-order valence-corrected chi connectivity index (χ1v) is 10.2. The van der Waals surface area contributed by atoms with E-state index in [1.807, 2.05) is 6.07 Å². The average Bonchev–Trinajstić information content (AvgIpc) is 2.57. The van der Waals surface area contributed by atoms with Crippen molar-refractivity contribution in [1.82, 2.24) is 10.0 Å². The summed E-state index contributed by atoms with van der Waals surface area (Å²) in [4.78, 5) is 24.1. The van der Waals surface area contributed by atoms with E-state index in [9.17, 15) is 23.3 Å². The van der Waals surface area contributed by atoms with Gasteiger partial charge in [0.25, 0.3) is 5.91 Å². The molecule has 1 atom stereocenters. The number of sulfonamides is 1. The number of rotatable bonds is 7. The highest BCUT2D eigenvalue weighted by molar-refractivity contribution is 7.89. The van der Waals surface area contributed by atoms with Crippen LogP contribution >= 0.6 is 0 Å². The molecule has 0 spiro atoms. The van der Waals surface area contributed by atoms with Crippen LogP contribution in [0.3, 0.4) is 0 Å². The number of hydrogen-bond donors (Lipinski definition) is 2. The van der Waals surface area contributed by atoms with Crippen LogP contribution in [0.1, 0.15) is 51.9 Å². The van der Waals surface area contributed by atoms with Crippen LogP contribution < -0.4 is 10.0 Å². The molecule has 1 aromatic carbocycles. The second kappa shape index (κ2) is 8.71. The Bertz CT molecular complexity index is 882. The summed E-state index contributed by atoms with van der Waals surface area (Å²) in [6.07, 6.45) is 0. The van der Waals surface area contributed by atoms with E-state index >= 15 is 0 Å². The highest BCUT2D eigenvalue weighted by atomic mass is 32.2. The van der Waals surface area contributed by atoms with E-state index in [-0.39, 0.29) is 16.4 Å². The minimum Gasteiger partial charge on any atom is -0.452 e. The van der Waals surface area contributed by atoms with E-state index in [0.717, 1.165) is 0 Å². The van der Waals surface area contributed by atoms with Gasteiger partial charge in [0.05, 0.1) is 16.5 Å². The van der Waals surface area contributed by atoms with Gasteiger partial charge < -0.3 is 10.1 Å². The fraction of sp³-hybridized carbons (Fsp3) is 0.526. The molecular weight excluding hydrogens is 382 g/mol. The Balaban J connectivity index is 2.85. The molecule has 0 bridgehead atoms. The molecule has 9 heteroatoms. The maximum Gasteiger partial charge on any atom is 0.338 e. The normalized spacial score (nSPS) is 14.1. The lowest BCUT2D eigenvalue weighted by molar-refractivity contribution is -0.125. The highest BCUT2D eigenvalue weighted by Gasteiger charge is 2.30. The summed E-state index contributed by atoms with van der Waals surface area (Å²) in [5.74, 6) is -1.61. The van der Waals surface area contributed by atoms with Crippen LogP contribution in [0.15, 0.2) is 29.2 Å². The summed E-state index contributed by atoms with van der Waals surface area (Å²) in [6.45, 7) is 9.67. The summed E-state index contributed by atoms with van der Waals surface area (Å²) in [6, 6.07) is 7.38. The van der Waals surface area contributed by atoms with Crippen molar-refractivity contribution in [3.05, 3.63) is 29.8 Å². The van der Waals surface area contributed by atoms with Gasteiger partial charge in [-0.25, -0.2) is 17.9 Å². The Labute approximate surface area is 166 Å². The summed E-state index contributed by atoms with van der Waals surface area (Å²) in [5.41, 5.74) is -1.77. The van der Waals surface area contributed by atoms with Crippen molar-refractivity contribution in [1.29, 1.82) is 5.26 Å². The monoisotopic (exact) mass is 409 g/mol. The van der Waals surface area contributed by atoms with Crippen LogP contribution in [0.2, 0.25) is 0 Å². The quantitative estimate of drug-likeness (QED) is 0.663. The molecule has 154 valence electrons. The number of benzene rings is 1. The molecule has 1 aromatic rings. The molecular formula is C19H27N3O5S. The smallest absolute Gasteiger partial charge is 0.338 e. The molecule has 0 aliphatic rings. The lowest BCUT2D eigenvalue weighted by atomic mass is 9.90. The summed E-state index contributed by atoms with van der Waals surface area (Å²) in [7, 11) is -3.82. The zero-order chi connectivity index (χ0) is 21.8. The van der Waals surface area contributed by atoms with Gasteiger partial charge in [0, 0.05) is 5.54 Å². The van der Waals surface area contributed by atoms with Gasteiger partial charge in [-0.2, -0.15) is 5.26 Å². The largest absolute Gasteiger partial charge is 0.452 e. The molecule has 2 N–H and O–H groups in total. The molecule has 28 heavy (non-hydrogen) atoms. The van der Waals surface area contributed by atoms with Gasteiger partial charge in [0.2, 0.25) is 10.0 Å². The van der Waals surface area contributed by atoms with Crippen LogP contribution in [-0.2, 0) is 19.6 Å². The number of carbonyl (C=O) groups excluding carboxylic acids is 2. The van der Waals surface area contributed by atoms with Crippen molar-refractivity contribution in [3.63, 3.8) is 0 Å². The van der Waals surface area contributed by atoms with Crippen LogP contribution in [0.4, 0.5) is 0 Å². The van der Waals surface area contributed by atoms with Crippen molar-refractivity contribution in [3.8, 4) is 6.07 Å². The third kappa shape index (κ3) is 6.62. The number of carbonyl (C=O) groups is 2. The Hall–Kier alpha value is -2.44. The molecule has 1 amide bonds. The van der Waals surface area contributed by atoms with Crippen molar-refractivity contribution in [2.45, 2.75) is 57.5 Å². The predicted octanol–water partition coefficient (Wildman–Crippen LogP) is 1.97. The third-order valence-corrected chi connectivity index (χ3v) is 5.70. The first kappa shape index (κ1) is 23.6. The number of hydrogen-bond acceptors (Lipinski definition) is 6. The van der Waals surface area contributed by atoms with E-state index in [0.29, 0.717) is 0 Å². The average molecular weight is 410 g/mol. The molecule has 0 unspecified atom stereocenters. The van der Waals surface area contributed by atoms with Crippen LogP contribution in [0, 0.1) is 17.2 Å². The topological polar surface area (TPSA) is 125 Å². The molecule has 0 radical (unpaired) electrons. The molecule has 0 fully saturated rings. The maximum atomic E-state index is 12.4. The fourth-order valence-electron chi connectivity index (χ4n) is 2.09. The van der Waals surface area contributed by atoms with Gasteiger partial charge in [-0.1, -0.05) is 19.9 Å². The molecule has 8 nitrogen and oxygen atoms in total. The van der Waals surface area contributed by atoms with Crippen LogP contribution in [0.25, 0.3) is 0 Å². The second-order valence-corrected chi connectivity index (χ2v) is 9.66. The minimum atomic E-state index is -3.82. The van der Waals surface area contributed by atoms with Crippen molar-refractivity contribution in [2.75, 3.05) is 6.61 Å². The Kier molecular flexibility index (Phi) is 7.34. The van der Waals surface area contributed by atoms with E-state index < -0.39 is 39.6 Å². The lowest BCUT2D eigenvalue weighted by Gasteiger charge is -2.27. The maximum absolute atomic E-state index is 12.4. The molecule has 0 aliphatic carbocycles. The number of amides is 1. The lowest BCUT2D eigenvalue weighted by Crippen LogP contribution is -2.50. The minimum absolute atomic E-state index is 0.00325. The molecule has 0 aromatic heterocycles. The van der Waals surface area contributed by atoms with Crippen molar-refractivity contribution >= 4 is 21.9 Å². The molecule has 0 saturated carbocycles. The Morgan fingerprint density at radius 2 is 1.82 bits per heavy atom. The summed E-state index contributed by atoms with van der Waals surface area (Å²) < 4.78 is 32.2. The van der Waals surface area contributed by atoms with Crippen molar-refractivity contribution in [2.24, 2.45) is 5.92 Å². The van der Waals surface area contributed by atoms with Gasteiger partial charge in [0.15, 0.2) is 6.61 Å². The third-order valence-electron chi connectivity index (χ3n) is 3.94. The van der Waals surface area contributed by atoms with Gasteiger partial charge in [-0.3, -0.25) is 4.79 Å². The Morgan fingerprint density at radius 3 is 2.32 bits per heavy atom. The molecule has 1 rings (SSSR count). The zero-order valence-electron chi connectivity index (χ0n) is 17.0. The molecule has 0 saturated heterocycles. The van der Waals surface area contributed by atoms with E-state index in [4.69, 9.17) is 4.74 Å². The van der Waals surface area contributed by atoms with E-state index in [2.05, 4.69) is 10.0 Å². The fourth-order valence-corrected chi connectivity index (χ4v) is 3.56. The molecule has 0 aliphatic heterocycles. The Morgan fingerprint density at radius 1 is 1.21 bits per heavy atom. The number of nitrogens with zero attached hydrogens (tertiary/aromatic N) is 1. The first-order chi connectivity index (χ1) is 12.7. The van der Waals surface area contributed by atoms with Gasteiger partial charge >= 0.3 is 5.97 Å². The van der Waals surface area contributed by atoms with Crippen LogP contribution in [-0.4, -0.2) is 38.0 Å². The highest BCUT2D eigenvalue weighted by Crippen LogP contribution is 2.16. The summed E-state index contributed by atoms with van der Waals surface area (Å²) >= 11 is 0. The number of nitriles is 1. The van der Waals surface area contributed by atoms with Crippen molar-refractivity contribution < 1.29 is 22.7 Å². The van der Waals surface area contributed by atoms with Gasteiger partial charge in [0.1, 0.15) is 5.54 Å². The second-order valence-electron chi connectivity index (χ2n) is 7.98. The summed E-state index contributed by atoms with van der Waals surface area (Å²) in [5, 5.41) is 11.7. The number of nitrogens with one attached hydrogen (secondary N) is 2. The van der Waals surface area contributed by atoms with Gasteiger partial charge in [-0.15, -0.1) is 0 Å². The molecule has 0 heterocycles. The standard InChI is InChI=1S/C19H27N3O5S/c1-13(2)19(6,12-20)21-16(23)11-27-17(24)14-8-7-9-15(10-14)28(25,26)22-18(3,4)5/h7-10,13,22H,11H2,1-6H3,(H,21,23)/t19-/m1/s1. The SMILES string of the molecule is CC(C)[C@@](C)(C#N)NC(=O)COC(=O)c1cccc(S(=O)(=O)NC(C)(C)C)c1. The van der Waals surface area contributed by atoms with Crippen LogP contribution in [0.5, 0.6) is 0 Å². The number of esters is 1. The first-order valence-electron chi connectivity index (χ1n) is 8.73. The van der Waals surface area contributed by atoms with E-state index in [1.54, 1.807) is 41.5 Å². The predicted molar refractivity (Wildman–Crippen MR) is 104 cm³/mol. The number of ether oxygens (including phenoxy) is 1. The van der Waals surface area contributed by atoms with E-state index in [1.165, 1.54) is 24.3 Å². The van der Waals surface area contributed by atoms with Gasteiger partial charge in [-0.05, 0) is 51.8 Å². The zero-order valence-corrected chi connectivity index (χ0v) is 17.8.